The predicted octanol–water partition coefficient (Wildman–Crippen LogP) is 3.92. The number of aromatic nitrogens is 1. The van der Waals surface area contributed by atoms with Gasteiger partial charge in [-0.15, -0.1) is 11.8 Å². The lowest BCUT2D eigenvalue weighted by Gasteiger charge is -2.38. The van der Waals surface area contributed by atoms with E-state index in [1.54, 1.807) is 39.8 Å². The van der Waals surface area contributed by atoms with Gasteiger partial charge in [0.25, 0.3) is 5.91 Å². The first-order chi connectivity index (χ1) is 19.2. The van der Waals surface area contributed by atoms with Gasteiger partial charge in [0.15, 0.2) is 0 Å². The molecule has 214 valence electrons. The molecule has 0 unspecified atom stereocenters. The summed E-state index contributed by atoms with van der Waals surface area (Å²) in [5.41, 5.74) is 2.27. The first-order valence-corrected chi connectivity index (χ1v) is 15.2. The van der Waals surface area contributed by atoms with E-state index in [1.807, 2.05) is 6.07 Å². The van der Waals surface area contributed by atoms with Gasteiger partial charge >= 0.3 is 6.03 Å². The number of carbonyl (C=O) groups is 3. The highest BCUT2D eigenvalue weighted by atomic mass is 35.5. The van der Waals surface area contributed by atoms with Crippen molar-refractivity contribution in [3.63, 3.8) is 0 Å². The number of carbonyl (C=O) groups excluding carboxylic acids is 3. The Labute approximate surface area is 241 Å². The molecule has 0 spiro atoms. The number of likely N-dealkylation sites (tertiary alicyclic amines) is 1. The van der Waals surface area contributed by atoms with Gasteiger partial charge in [-0.05, 0) is 57.0 Å². The van der Waals surface area contributed by atoms with Crippen LogP contribution in [0.5, 0.6) is 0 Å². The van der Waals surface area contributed by atoms with Crippen LogP contribution in [0.15, 0.2) is 34.9 Å². The number of thioether (sulfide) groups is 1. The van der Waals surface area contributed by atoms with E-state index in [2.05, 4.69) is 27.6 Å². The molecule has 6 rings (SSSR count). The fourth-order valence-electron chi connectivity index (χ4n) is 6.28. The van der Waals surface area contributed by atoms with E-state index in [0.717, 1.165) is 36.1 Å². The predicted molar refractivity (Wildman–Crippen MR) is 154 cm³/mol. The number of amides is 4. The zero-order valence-electron chi connectivity index (χ0n) is 22.4. The van der Waals surface area contributed by atoms with Crippen molar-refractivity contribution in [3.8, 4) is 0 Å². The number of halogens is 2. The smallest absolute Gasteiger partial charge is 0.322 e. The van der Waals surface area contributed by atoms with Gasteiger partial charge in [0, 0.05) is 64.5 Å². The minimum atomic E-state index is -0.981. The normalized spacial score (nSPS) is 27.3. The summed E-state index contributed by atoms with van der Waals surface area (Å²) in [7, 11) is 2.08. The van der Waals surface area contributed by atoms with Crippen LogP contribution in [0.4, 0.5) is 9.18 Å². The summed E-state index contributed by atoms with van der Waals surface area (Å²) in [5.74, 6) is -0.114. The van der Waals surface area contributed by atoms with E-state index in [4.69, 9.17) is 11.6 Å². The number of urea groups is 1. The van der Waals surface area contributed by atoms with Crippen LogP contribution in [0, 0.1) is 5.92 Å². The molecule has 0 radical (unpaired) electrons. The van der Waals surface area contributed by atoms with Crippen LogP contribution >= 0.6 is 23.4 Å². The van der Waals surface area contributed by atoms with Crippen molar-refractivity contribution in [3.05, 3.63) is 45.6 Å². The molecule has 1 aromatic carbocycles. The number of nitrogens with one attached hydrogen (secondary N) is 3. The molecular formula is C28H34ClFN6O3S. The Hall–Kier alpha value is -2.76. The number of hydrogen-bond donors (Lipinski definition) is 3. The molecule has 2 aromatic rings. The summed E-state index contributed by atoms with van der Waals surface area (Å²) < 4.78 is 13.8. The highest BCUT2D eigenvalue weighted by Gasteiger charge is 2.40. The monoisotopic (exact) mass is 588 g/mol. The topological polar surface area (TPSA) is 101 Å². The highest BCUT2D eigenvalue weighted by molar-refractivity contribution is 8.03. The molecule has 40 heavy (non-hydrogen) atoms. The van der Waals surface area contributed by atoms with Crippen molar-refractivity contribution in [2.24, 2.45) is 5.92 Å². The molecule has 3 aliphatic heterocycles. The largest absolute Gasteiger partial charge is 0.351 e. The number of rotatable bonds is 4. The second-order valence-electron chi connectivity index (χ2n) is 11.3. The molecule has 9 nitrogen and oxygen atoms in total. The first kappa shape index (κ1) is 27.4. The number of H-pyrrole nitrogens is 1. The van der Waals surface area contributed by atoms with Crippen molar-refractivity contribution in [1.29, 1.82) is 0 Å². The molecule has 1 saturated carbocycles. The number of likely N-dealkylation sites (N-methyl/N-ethyl adjacent to an activating group) is 1. The van der Waals surface area contributed by atoms with E-state index >= 15 is 0 Å². The number of benzene rings is 1. The minimum absolute atomic E-state index is 0.0614. The fourth-order valence-corrected chi connectivity index (χ4v) is 7.71. The van der Waals surface area contributed by atoms with Crippen molar-refractivity contribution < 1.29 is 18.8 Å². The maximum atomic E-state index is 13.8. The van der Waals surface area contributed by atoms with Crippen molar-refractivity contribution in [2.45, 2.75) is 50.4 Å². The van der Waals surface area contributed by atoms with Crippen molar-refractivity contribution >= 4 is 52.1 Å². The van der Waals surface area contributed by atoms with Crippen LogP contribution < -0.4 is 10.6 Å². The standard InChI is InChI=1S/C28H34ClFN6O3S/c1-34-8-7-24-25(14-34)40-15-36(24)28(39)33-22-11-16(27(38)35-9-6-19(30)13-35)2-4-21(22)32-26(37)23-12-17-10-18(29)3-5-20(17)31-23/h3,5,10,12,16,19,21-22,31H,2,4,6-9,11,13-15H2,1H3,(H,32,37)(H,33,39)/t16-,19-,21-,22+/m0/s1. The van der Waals surface area contributed by atoms with Crippen LogP contribution in [0.2, 0.25) is 5.02 Å². The quantitative estimate of drug-likeness (QED) is 0.503. The summed E-state index contributed by atoms with van der Waals surface area (Å²) in [6.45, 7) is 2.29. The van der Waals surface area contributed by atoms with Crippen LogP contribution in [0.3, 0.4) is 0 Å². The molecule has 2 fully saturated rings. The van der Waals surface area contributed by atoms with Gasteiger partial charge in [-0.1, -0.05) is 11.6 Å². The Morgan fingerprint density at radius 2 is 1.95 bits per heavy atom. The second kappa shape index (κ2) is 11.3. The third-order valence-electron chi connectivity index (χ3n) is 8.50. The average molecular weight is 589 g/mol. The Morgan fingerprint density at radius 3 is 2.75 bits per heavy atom. The van der Waals surface area contributed by atoms with Crippen molar-refractivity contribution in [2.75, 3.05) is 39.1 Å². The summed E-state index contributed by atoms with van der Waals surface area (Å²) in [6, 6.07) is 6.14. The van der Waals surface area contributed by atoms with Crippen LogP contribution in [-0.4, -0.2) is 94.9 Å². The van der Waals surface area contributed by atoms with E-state index in [1.165, 1.54) is 4.91 Å². The van der Waals surface area contributed by atoms with Crippen LogP contribution in [0.25, 0.3) is 10.9 Å². The summed E-state index contributed by atoms with van der Waals surface area (Å²) in [5, 5.41) is 7.70. The lowest BCUT2D eigenvalue weighted by molar-refractivity contribution is -0.136. The molecule has 4 heterocycles. The molecule has 1 saturated heterocycles. The molecule has 4 amide bonds. The van der Waals surface area contributed by atoms with Gasteiger partial charge in [0.1, 0.15) is 11.9 Å². The minimum Gasteiger partial charge on any atom is -0.351 e. The maximum Gasteiger partial charge on any atom is 0.322 e. The fraction of sp³-hybridized carbons (Fsp3) is 0.536. The van der Waals surface area contributed by atoms with Crippen LogP contribution in [-0.2, 0) is 4.79 Å². The Morgan fingerprint density at radius 1 is 1.10 bits per heavy atom. The maximum absolute atomic E-state index is 13.8. The van der Waals surface area contributed by atoms with E-state index < -0.39 is 12.2 Å². The number of fused-ring (bicyclic) bond motifs is 1. The molecule has 1 aliphatic carbocycles. The van der Waals surface area contributed by atoms with Gasteiger partial charge in [-0.2, -0.15) is 0 Å². The zero-order valence-corrected chi connectivity index (χ0v) is 24.0. The Bertz CT molecular complexity index is 1370. The summed E-state index contributed by atoms with van der Waals surface area (Å²) >= 11 is 7.80. The van der Waals surface area contributed by atoms with Crippen LogP contribution in [0.1, 0.15) is 42.6 Å². The zero-order chi connectivity index (χ0) is 28.0. The third-order valence-corrected chi connectivity index (χ3v) is 9.83. The third kappa shape index (κ3) is 5.56. The highest BCUT2D eigenvalue weighted by Crippen LogP contribution is 2.37. The molecule has 3 N–H and O–H groups in total. The SMILES string of the molecule is CN1CCC2=C(C1)SCN2C(=O)N[C@@H]1C[C@@H](C(=O)N2CC[C@H](F)C2)CC[C@@H]1NC(=O)c1cc2cc(Cl)ccc2[nH]1. The number of nitrogens with zero attached hydrogens (tertiary/aromatic N) is 3. The molecule has 1 aromatic heterocycles. The number of alkyl halides is 1. The average Bonchev–Trinajstić information content (AvgIpc) is 3.66. The van der Waals surface area contributed by atoms with Crippen molar-refractivity contribution in [1.82, 2.24) is 30.3 Å². The lowest BCUT2D eigenvalue weighted by atomic mass is 9.81. The second-order valence-corrected chi connectivity index (χ2v) is 12.8. The molecule has 4 atom stereocenters. The lowest BCUT2D eigenvalue weighted by Crippen LogP contribution is -2.57. The molecule has 0 bridgehead atoms. The number of hydrogen-bond acceptors (Lipinski definition) is 5. The van der Waals surface area contributed by atoms with Gasteiger partial charge in [-0.25, -0.2) is 9.18 Å². The summed E-state index contributed by atoms with van der Waals surface area (Å²) in [6.07, 6.45) is 1.67. The van der Waals surface area contributed by atoms with Gasteiger partial charge in [-0.3, -0.25) is 14.5 Å². The molecule has 4 aliphatic rings. The van der Waals surface area contributed by atoms with Gasteiger partial charge in [0.05, 0.1) is 18.5 Å². The van der Waals surface area contributed by atoms with Gasteiger partial charge in [0.2, 0.25) is 5.91 Å². The Balaban J connectivity index is 1.19. The van der Waals surface area contributed by atoms with Gasteiger partial charge < -0.3 is 25.4 Å². The number of aromatic amines is 1. The molecule has 12 heteroatoms. The first-order valence-electron chi connectivity index (χ1n) is 13.9. The van der Waals surface area contributed by atoms with E-state index in [0.29, 0.717) is 48.8 Å². The summed E-state index contributed by atoms with van der Waals surface area (Å²) in [4.78, 5) is 50.1. The molecular weight excluding hydrogens is 555 g/mol. The Kier molecular flexibility index (Phi) is 7.71. The van der Waals surface area contributed by atoms with E-state index in [-0.39, 0.29) is 36.3 Å². The van der Waals surface area contributed by atoms with E-state index in [9.17, 15) is 18.8 Å².